The Bertz CT molecular complexity index is 396. The maximum Gasteiger partial charge on any atom is 0.125 e. The van der Waals surface area contributed by atoms with Crippen LogP contribution in [0.1, 0.15) is 31.9 Å². The van der Waals surface area contributed by atoms with Gasteiger partial charge in [-0.15, -0.1) is 0 Å². The zero-order chi connectivity index (χ0) is 14.4. The molecule has 19 heavy (non-hydrogen) atoms. The van der Waals surface area contributed by atoms with Gasteiger partial charge in [-0.1, -0.05) is 31.5 Å². The van der Waals surface area contributed by atoms with E-state index in [1.807, 2.05) is 18.2 Å². The average Bonchev–Trinajstić information content (AvgIpc) is 2.38. The summed E-state index contributed by atoms with van der Waals surface area (Å²) < 4.78 is 5.42. The molecule has 0 aromatic heterocycles. The van der Waals surface area contributed by atoms with Gasteiger partial charge in [0.05, 0.1) is 13.2 Å². The average molecular weight is 285 g/mol. The van der Waals surface area contributed by atoms with Crippen molar-refractivity contribution in [2.45, 2.75) is 26.3 Å². The van der Waals surface area contributed by atoms with E-state index in [0.29, 0.717) is 17.5 Å². The maximum absolute atomic E-state index is 6.33. The van der Waals surface area contributed by atoms with E-state index < -0.39 is 0 Å². The molecule has 1 rings (SSSR count). The second-order valence-electron chi connectivity index (χ2n) is 5.27. The van der Waals surface area contributed by atoms with Gasteiger partial charge in [0.15, 0.2) is 0 Å². The summed E-state index contributed by atoms with van der Waals surface area (Å²) in [6.45, 7) is 5.96. The summed E-state index contributed by atoms with van der Waals surface area (Å²) in [5.74, 6) is 1.48. The normalized spacial score (nSPS) is 13.1. The third-order valence-corrected chi connectivity index (χ3v) is 3.71. The van der Waals surface area contributed by atoms with Crippen LogP contribution in [0, 0.1) is 5.92 Å². The zero-order valence-corrected chi connectivity index (χ0v) is 13.1. The van der Waals surface area contributed by atoms with Gasteiger partial charge >= 0.3 is 0 Å². The van der Waals surface area contributed by atoms with Crippen LogP contribution < -0.4 is 10.5 Å². The highest BCUT2D eigenvalue weighted by atomic mass is 35.5. The molecule has 0 radical (unpaired) electrons. The summed E-state index contributed by atoms with van der Waals surface area (Å²) in [6, 6.07) is 5.80. The van der Waals surface area contributed by atoms with Crippen molar-refractivity contribution >= 4 is 11.6 Å². The van der Waals surface area contributed by atoms with E-state index in [-0.39, 0.29) is 6.04 Å². The van der Waals surface area contributed by atoms with Crippen LogP contribution in [0.2, 0.25) is 5.02 Å². The van der Waals surface area contributed by atoms with Crippen molar-refractivity contribution in [1.82, 2.24) is 4.90 Å². The van der Waals surface area contributed by atoms with E-state index >= 15 is 0 Å². The summed E-state index contributed by atoms with van der Waals surface area (Å²) in [4.78, 5) is 2.25. The number of methoxy groups -OCH3 is 1. The van der Waals surface area contributed by atoms with Gasteiger partial charge in [-0.3, -0.25) is 4.90 Å². The molecule has 0 aliphatic heterocycles. The Hall–Kier alpha value is -0.770. The zero-order valence-electron chi connectivity index (χ0n) is 12.3. The molecule has 4 heteroatoms. The molecule has 0 aliphatic carbocycles. The molecule has 108 valence electrons. The monoisotopic (exact) mass is 284 g/mol. The number of ether oxygens (including phenoxy) is 1. The summed E-state index contributed by atoms with van der Waals surface area (Å²) in [6.07, 6.45) is 1.14. The molecular formula is C15H25ClN2O. The molecule has 0 saturated heterocycles. The van der Waals surface area contributed by atoms with Gasteiger partial charge in [-0.2, -0.15) is 0 Å². The number of hydrogen-bond donors (Lipinski definition) is 1. The van der Waals surface area contributed by atoms with Crippen molar-refractivity contribution in [1.29, 1.82) is 0 Å². The number of nitrogens with two attached hydrogens (primary N) is 1. The predicted octanol–water partition coefficient (Wildman–Crippen LogP) is 3.33. The molecule has 0 bridgehead atoms. The Labute approximate surface area is 121 Å². The van der Waals surface area contributed by atoms with Crippen molar-refractivity contribution in [3.05, 3.63) is 28.8 Å². The van der Waals surface area contributed by atoms with Crippen LogP contribution in [0.3, 0.4) is 0 Å². The molecule has 0 fully saturated rings. The van der Waals surface area contributed by atoms with E-state index in [9.17, 15) is 0 Å². The summed E-state index contributed by atoms with van der Waals surface area (Å²) in [5.41, 5.74) is 6.94. The first-order valence-corrected chi connectivity index (χ1v) is 7.11. The van der Waals surface area contributed by atoms with Crippen molar-refractivity contribution in [2.24, 2.45) is 11.7 Å². The van der Waals surface area contributed by atoms with Crippen LogP contribution in [-0.4, -0.2) is 32.1 Å². The fourth-order valence-electron chi connectivity index (χ4n) is 2.15. The number of halogens is 1. The minimum atomic E-state index is 0.0856. The van der Waals surface area contributed by atoms with Crippen molar-refractivity contribution in [3.63, 3.8) is 0 Å². The molecular weight excluding hydrogens is 260 g/mol. The van der Waals surface area contributed by atoms with E-state index in [0.717, 1.165) is 24.3 Å². The molecule has 1 atom stereocenters. The van der Waals surface area contributed by atoms with Gasteiger partial charge in [-0.05, 0) is 38.1 Å². The molecule has 1 aromatic rings. The Morgan fingerprint density at radius 2 is 2.05 bits per heavy atom. The first-order valence-electron chi connectivity index (χ1n) is 6.74. The molecule has 0 heterocycles. The van der Waals surface area contributed by atoms with Gasteiger partial charge in [0.2, 0.25) is 0 Å². The van der Waals surface area contributed by atoms with Gasteiger partial charge in [0.1, 0.15) is 5.75 Å². The minimum absolute atomic E-state index is 0.0856. The number of likely N-dealkylation sites (N-methyl/N-ethyl adjacent to an activating group) is 1. The van der Waals surface area contributed by atoms with Gasteiger partial charge in [0.25, 0.3) is 0 Å². The molecule has 0 aliphatic rings. The van der Waals surface area contributed by atoms with E-state index in [1.165, 1.54) is 0 Å². The molecule has 1 unspecified atom stereocenters. The molecule has 0 saturated carbocycles. The highest BCUT2D eigenvalue weighted by molar-refractivity contribution is 6.31. The van der Waals surface area contributed by atoms with Crippen LogP contribution >= 0.6 is 11.6 Å². The SMILES string of the molecule is COc1cccc(Cl)c1C(CN)N(C)CCC(C)C. The highest BCUT2D eigenvalue weighted by Crippen LogP contribution is 2.34. The smallest absolute Gasteiger partial charge is 0.125 e. The Morgan fingerprint density at radius 3 is 2.58 bits per heavy atom. The fraction of sp³-hybridized carbons (Fsp3) is 0.600. The lowest BCUT2D eigenvalue weighted by molar-refractivity contribution is 0.231. The topological polar surface area (TPSA) is 38.5 Å². The Morgan fingerprint density at radius 1 is 1.37 bits per heavy atom. The maximum atomic E-state index is 6.33. The lowest BCUT2D eigenvalue weighted by Crippen LogP contribution is -2.32. The van der Waals surface area contributed by atoms with E-state index in [1.54, 1.807) is 7.11 Å². The van der Waals surface area contributed by atoms with E-state index in [2.05, 4.69) is 25.8 Å². The van der Waals surface area contributed by atoms with Crippen LogP contribution in [-0.2, 0) is 0 Å². The number of hydrogen-bond acceptors (Lipinski definition) is 3. The molecule has 1 aromatic carbocycles. The van der Waals surface area contributed by atoms with Crippen LogP contribution in [0.15, 0.2) is 18.2 Å². The van der Waals surface area contributed by atoms with Crippen molar-refractivity contribution in [3.8, 4) is 5.75 Å². The van der Waals surface area contributed by atoms with Gasteiger partial charge in [-0.25, -0.2) is 0 Å². The third kappa shape index (κ3) is 4.37. The summed E-state index contributed by atoms with van der Waals surface area (Å²) >= 11 is 6.33. The second kappa shape index (κ2) is 7.73. The Kier molecular flexibility index (Phi) is 6.63. The van der Waals surface area contributed by atoms with Crippen molar-refractivity contribution < 1.29 is 4.74 Å². The lowest BCUT2D eigenvalue weighted by Gasteiger charge is -2.29. The fourth-order valence-corrected chi connectivity index (χ4v) is 2.45. The highest BCUT2D eigenvalue weighted by Gasteiger charge is 2.22. The number of rotatable bonds is 7. The van der Waals surface area contributed by atoms with E-state index in [4.69, 9.17) is 22.1 Å². The summed E-state index contributed by atoms with van der Waals surface area (Å²) in [7, 11) is 3.75. The largest absolute Gasteiger partial charge is 0.496 e. The molecule has 3 nitrogen and oxygen atoms in total. The number of benzene rings is 1. The lowest BCUT2D eigenvalue weighted by atomic mass is 10.0. The first kappa shape index (κ1) is 16.3. The van der Waals surface area contributed by atoms with Crippen LogP contribution in [0.25, 0.3) is 0 Å². The summed E-state index contributed by atoms with van der Waals surface area (Å²) in [5, 5.41) is 0.714. The molecule has 0 spiro atoms. The second-order valence-corrected chi connectivity index (χ2v) is 5.68. The van der Waals surface area contributed by atoms with Gasteiger partial charge < -0.3 is 10.5 Å². The minimum Gasteiger partial charge on any atom is -0.496 e. The third-order valence-electron chi connectivity index (χ3n) is 3.38. The Balaban J connectivity index is 2.96. The predicted molar refractivity (Wildman–Crippen MR) is 81.9 cm³/mol. The number of nitrogens with zero attached hydrogens (tertiary/aromatic N) is 1. The standard InChI is InChI=1S/C15H25ClN2O/c1-11(2)8-9-18(3)13(10-17)15-12(16)6-5-7-14(15)19-4/h5-7,11,13H,8-10,17H2,1-4H3. The quantitative estimate of drug-likeness (QED) is 0.835. The first-order chi connectivity index (χ1) is 9.01. The van der Waals surface area contributed by atoms with Crippen LogP contribution in [0.4, 0.5) is 0 Å². The molecule has 2 N–H and O–H groups in total. The van der Waals surface area contributed by atoms with Gasteiger partial charge in [0, 0.05) is 17.1 Å². The van der Waals surface area contributed by atoms with Crippen LogP contribution in [0.5, 0.6) is 5.75 Å². The van der Waals surface area contributed by atoms with Crippen molar-refractivity contribution in [2.75, 3.05) is 27.2 Å². The molecule has 0 amide bonds.